The molecule has 1 aliphatic rings. The first-order valence-electron chi connectivity index (χ1n) is 7.37. The van der Waals surface area contributed by atoms with Gasteiger partial charge in [0.05, 0.1) is 12.2 Å². The van der Waals surface area contributed by atoms with Gasteiger partial charge in [0, 0.05) is 17.4 Å². The molecule has 0 saturated carbocycles. The molecule has 4 heteroatoms. The summed E-state index contributed by atoms with van der Waals surface area (Å²) in [5, 5.41) is 10.5. The maximum atomic E-state index is 11.4. The molecule has 0 fully saturated rings. The fourth-order valence-corrected chi connectivity index (χ4v) is 3.79. The number of rotatable bonds is 3. The van der Waals surface area contributed by atoms with E-state index in [9.17, 15) is 9.90 Å². The summed E-state index contributed by atoms with van der Waals surface area (Å²) in [6.07, 6.45) is 0.780. The lowest BCUT2D eigenvalue weighted by molar-refractivity contribution is -0.107. The molecular weight excluding hydrogens is 268 g/mol. The number of aliphatic hydroxyl groups excluding tert-OH is 1. The Morgan fingerprint density at radius 2 is 1.85 bits per heavy atom. The summed E-state index contributed by atoms with van der Waals surface area (Å²) in [4.78, 5) is 11.4. The smallest absolute Gasteiger partial charge is 0.192 e. The van der Waals surface area contributed by atoms with E-state index in [2.05, 4.69) is 33.9 Å². The monoisotopic (exact) mass is 298 g/mol. The van der Waals surface area contributed by atoms with Crippen molar-refractivity contribution in [3.63, 3.8) is 0 Å². The van der Waals surface area contributed by atoms with Crippen LogP contribution in [0.3, 0.4) is 0 Å². The Balaban J connectivity index is 3.13. The molecule has 0 aliphatic heterocycles. The SMILES string of the molecule is CC1=C(C=O)C(C)(C)[C@@H](O)C[C@H]1O[Si](C)(C)C(C)(C)C. The van der Waals surface area contributed by atoms with Gasteiger partial charge in [0.15, 0.2) is 8.32 Å². The summed E-state index contributed by atoms with van der Waals surface area (Å²) < 4.78 is 6.41. The largest absolute Gasteiger partial charge is 0.410 e. The van der Waals surface area contributed by atoms with Crippen LogP contribution in [0.15, 0.2) is 11.1 Å². The molecule has 0 unspecified atom stereocenters. The average Bonchev–Trinajstić information content (AvgIpc) is 2.24. The fourth-order valence-electron chi connectivity index (χ4n) is 2.45. The van der Waals surface area contributed by atoms with Crippen molar-refractivity contribution in [1.29, 1.82) is 0 Å². The Bertz CT molecular complexity index is 416. The second-order valence-electron chi connectivity index (χ2n) is 8.05. The summed E-state index contributed by atoms with van der Waals surface area (Å²) in [5.41, 5.74) is 1.19. The van der Waals surface area contributed by atoms with Gasteiger partial charge in [0.2, 0.25) is 0 Å². The number of carbonyl (C=O) groups excluding carboxylic acids is 1. The van der Waals surface area contributed by atoms with Crippen LogP contribution in [0.4, 0.5) is 0 Å². The van der Waals surface area contributed by atoms with Crippen LogP contribution in [0.25, 0.3) is 0 Å². The first kappa shape index (κ1) is 17.6. The number of hydrogen-bond donors (Lipinski definition) is 1. The second kappa shape index (κ2) is 5.39. The van der Waals surface area contributed by atoms with E-state index in [1.165, 1.54) is 0 Å². The van der Waals surface area contributed by atoms with Crippen molar-refractivity contribution in [2.45, 2.75) is 78.3 Å². The zero-order valence-electron chi connectivity index (χ0n) is 14.2. The number of aldehydes is 1. The molecule has 0 aromatic rings. The lowest BCUT2D eigenvalue weighted by Gasteiger charge is -2.45. The topological polar surface area (TPSA) is 46.5 Å². The predicted octanol–water partition coefficient (Wildman–Crippen LogP) is 3.68. The minimum absolute atomic E-state index is 0.118. The minimum Gasteiger partial charge on any atom is -0.410 e. The summed E-state index contributed by atoms with van der Waals surface area (Å²) >= 11 is 0. The van der Waals surface area contributed by atoms with Crippen LogP contribution in [-0.4, -0.2) is 31.9 Å². The van der Waals surface area contributed by atoms with E-state index in [-0.39, 0.29) is 11.1 Å². The molecular formula is C16H30O3Si. The highest BCUT2D eigenvalue weighted by Gasteiger charge is 2.45. The molecule has 2 atom stereocenters. The van der Waals surface area contributed by atoms with Gasteiger partial charge >= 0.3 is 0 Å². The Labute approximate surface area is 124 Å². The third kappa shape index (κ3) is 3.07. The first-order valence-corrected chi connectivity index (χ1v) is 10.3. The van der Waals surface area contributed by atoms with E-state index in [0.29, 0.717) is 12.0 Å². The van der Waals surface area contributed by atoms with Gasteiger partial charge in [-0.15, -0.1) is 0 Å². The molecule has 0 amide bonds. The van der Waals surface area contributed by atoms with Gasteiger partial charge in [-0.2, -0.15) is 0 Å². The highest BCUT2D eigenvalue weighted by Crippen LogP contribution is 2.44. The number of aliphatic hydroxyl groups is 1. The Morgan fingerprint density at radius 1 is 1.35 bits per heavy atom. The molecule has 1 rings (SSSR count). The summed E-state index contributed by atoms with van der Waals surface area (Å²) in [6, 6.07) is 0. The van der Waals surface area contributed by atoms with Crippen LogP contribution in [-0.2, 0) is 9.22 Å². The third-order valence-electron chi connectivity index (χ3n) is 5.23. The van der Waals surface area contributed by atoms with E-state index in [1.54, 1.807) is 0 Å². The summed E-state index contributed by atoms with van der Waals surface area (Å²) in [6.45, 7) is 16.8. The van der Waals surface area contributed by atoms with Crippen molar-refractivity contribution >= 4 is 14.6 Å². The molecule has 1 N–H and O–H groups in total. The Hall–Kier alpha value is -0.453. The zero-order valence-corrected chi connectivity index (χ0v) is 15.2. The van der Waals surface area contributed by atoms with Crippen LogP contribution < -0.4 is 0 Å². The first-order chi connectivity index (χ1) is 8.84. The molecule has 0 aromatic heterocycles. The van der Waals surface area contributed by atoms with Crippen molar-refractivity contribution in [1.82, 2.24) is 0 Å². The molecule has 0 saturated heterocycles. The van der Waals surface area contributed by atoms with E-state index in [1.807, 2.05) is 20.8 Å². The lowest BCUT2D eigenvalue weighted by atomic mass is 9.70. The van der Waals surface area contributed by atoms with E-state index in [4.69, 9.17) is 4.43 Å². The van der Waals surface area contributed by atoms with Crippen molar-refractivity contribution in [3.8, 4) is 0 Å². The van der Waals surface area contributed by atoms with Crippen LogP contribution >= 0.6 is 0 Å². The maximum Gasteiger partial charge on any atom is 0.192 e. The van der Waals surface area contributed by atoms with Gasteiger partial charge < -0.3 is 9.53 Å². The van der Waals surface area contributed by atoms with Gasteiger partial charge in [0.1, 0.15) is 6.29 Å². The zero-order chi connectivity index (χ0) is 15.9. The molecule has 3 nitrogen and oxygen atoms in total. The normalized spacial score (nSPS) is 27.6. The van der Waals surface area contributed by atoms with Crippen molar-refractivity contribution in [3.05, 3.63) is 11.1 Å². The lowest BCUT2D eigenvalue weighted by Crippen LogP contribution is -2.49. The second-order valence-corrected chi connectivity index (χ2v) is 12.8. The summed E-state index contributed by atoms with van der Waals surface area (Å²) in [7, 11) is -1.91. The Kier molecular flexibility index (Phi) is 4.74. The molecule has 0 radical (unpaired) electrons. The highest BCUT2D eigenvalue weighted by molar-refractivity contribution is 6.74. The van der Waals surface area contributed by atoms with Crippen LogP contribution in [0, 0.1) is 5.41 Å². The molecule has 116 valence electrons. The molecule has 0 bridgehead atoms. The van der Waals surface area contributed by atoms with Crippen molar-refractivity contribution in [2.75, 3.05) is 0 Å². The van der Waals surface area contributed by atoms with Gasteiger partial charge in [-0.3, -0.25) is 4.79 Å². The highest BCUT2D eigenvalue weighted by atomic mass is 28.4. The van der Waals surface area contributed by atoms with Gasteiger partial charge in [-0.25, -0.2) is 0 Å². The molecule has 0 heterocycles. The van der Waals surface area contributed by atoms with E-state index >= 15 is 0 Å². The average molecular weight is 298 g/mol. The van der Waals surface area contributed by atoms with Gasteiger partial charge in [-0.05, 0) is 30.6 Å². The third-order valence-corrected chi connectivity index (χ3v) is 9.72. The van der Waals surface area contributed by atoms with Crippen LogP contribution in [0.2, 0.25) is 18.1 Å². The number of carbonyl (C=O) groups is 1. The van der Waals surface area contributed by atoms with Gasteiger partial charge in [0.25, 0.3) is 0 Å². The summed E-state index contributed by atoms with van der Waals surface area (Å²) in [5.74, 6) is 0. The van der Waals surface area contributed by atoms with Crippen molar-refractivity contribution < 1.29 is 14.3 Å². The van der Waals surface area contributed by atoms with Gasteiger partial charge in [-0.1, -0.05) is 34.6 Å². The standard InChI is InChI=1S/C16H30O3Si/c1-11-12(10-17)16(5,6)14(18)9-13(11)19-20(7,8)15(2,3)4/h10,13-14,18H,9H2,1-8H3/t13-,14+/m1/s1. The predicted molar refractivity (Wildman–Crippen MR) is 85.2 cm³/mol. The fraction of sp³-hybridized carbons (Fsp3) is 0.812. The van der Waals surface area contributed by atoms with Crippen molar-refractivity contribution in [2.24, 2.45) is 5.41 Å². The molecule has 0 aromatic carbocycles. The minimum atomic E-state index is -1.91. The van der Waals surface area contributed by atoms with E-state index in [0.717, 1.165) is 11.9 Å². The van der Waals surface area contributed by atoms with Crippen LogP contribution in [0.1, 0.15) is 48.0 Å². The maximum absolute atomic E-state index is 11.4. The molecule has 20 heavy (non-hydrogen) atoms. The number of hydrogen-bond acceptors (Lipinski definition) is 3. The molecule has 0 spiro atoms. The molecule has 1 aliphatic carbocycles. The van der Waals surface area contributed by atoms with E-state index < -0.39 is 19.8 Å². The Morgan fingerprint density at radius 3 is 2.25 bits per heavy atom. The quantitative estimate of drug-likeness (QED) is 0.638. The van der Waals surface area contributed by atoms with Crippen LogP contribution in [0.5, 0.6) is 0 Å².